The van der Waals surface area contributed by atoms with Crippen LogP contribution in [0.5, 0.6) is 5.75 Å². The van der Waals surface area contributed by atoms with Gasteiger partial charge in [-0.2, -0.15) is 0 Å². The third kappa shape index (κ3) is 3.00. The maximum absolute atomic E-state index is 5.83. The number of ether oxygens (including phenoxy) is 3. The average molecular weight is 301 g/mol. The molecule has 1 aromatic rings. The quantitative estimate of drug-likeness (QED) is 0.783. The molecule has 1 aliphatic rings. The maximum atomic E-state index is 5.83. The van der Waals surface area contributed by atoms with E-state index in [1.807, 2.05) is 24.3 Å². The molecule has 4 heteroatoms. The molecule has 3 unspecified atom stereocenters. The van der Waals surface area contributed by atoms with E-state index in [1.165, 1.54) is 0 Å². The van der Waals surface area contributed by atoms with Crippen LogP contribution in [0.4, 0.5) is 0 Å². The molecule has 1 aromatic carbocycles. The van der Waals surface area contributed by atoms with E-state index < -0.39 is 0 Å². The first-order chi connectivity index (χ1) is 8.24. The SMILES string of the molecule is COc1cccc(COC2CC(Br)C2OC)c1. The highest BCUT2D eigenvalue weighted by atomic mass is 79.9. The largest absolute Gasteiger partial charge is 0.497 e. The minimum atomic E-state index is 0.167. The van der Waals surface area contributed by atoms with Crippen LogP contribution in [0.25, 0.3) is 0 Å². The first-order valence-corrected chi connectivity index (χ1v) is 6.57. The Morgan fingerprint density at radius 2 is 2.18 bits per heavy atom. The molecule has 1 saturated carbocycles. The zero-order valence-electron chi connectivity index (χ0n) is 10.1. The van der Waals surface area contributed by atoms with Gasteiger partial charge >= 0.3 is 0 Å². The van der Waals surface area contributed by atoms with Crippen molar-refractivity contribution in [2.75, 3.05) is 14.2 Å². The monoisotopic (exact) mass is 300 g/mol. The van der Waals surface area contributed by atoms with Crippen LogP contribution in [0.1, 0.15) is 12.0 Å². The minimum absolute atomic E-state index is 0.167. The van der Waals surface area contributed by atoms with Crippen molar-refractivity contribution in [3.63, 3.8) is 0 Å². The Hall–Kier alpha value is -0.580. The highest BCUT2D eigenvalue weighted by Crippen LogP contribution is 2.33. The summed E-state index contributed by atoms with van der Waals surface area (Å²) in [7, 11) is 3.39. The van der Waals surface area contributed by atoms with Gasteiger partial charge in [-0.15, -0.1) is 0 Å². The minimum Gasteiger partial charge on any atom is -0.497 e. The van der Waals surface area contributed by atoms with Gasteiger partial charge in [0.25, 0.3) is 0 Å². The molecule has 3 atom stereocenters. The number of hydrogen-bond donors (Lipinski definition) is 0. The van der Waals surface area contributed by atoms with E-state index in [0.29, 0.717) is 11.4 Å². The third-order valence-corrected chi connectivity index (χ3v) is 3.95. The van der Waals surface area contributed by atoms with E-state index in [-0.39, 0.29) is 12.2 Å². The van der Waals surface area contributed by atoms with Crippen LogP contribution in [-0.4, -0.2) is 31.3 Å². The second-order valence-electron chi connectivity index (χ2n) is 4.15. The molecule has 0 aliphatic heterocycles. The van der Waals surface area contributed by atoms with Gasteiger partial charge < -0.3 is 14.2 Å². The van der Waals surface area contributed by atoms with E-state index in [1.54, 1.807) is 14.2 Å². The van der Waals surface area contributed by atoms with E-state index in [0.717, 1.165) is 17.7 Å². The van der Waals surface area contributed by atoms with Gasteiger partial charge in [-0.1, -0.05) is 28.1 Å². The van der Waals surface area contributed by atoms with Crippen LogP contribution in [0.15, 0.2) is 24.3 Å². The second-order valence-corrected chi connectivity index (χ2v) is 5.33. The summed E-state index contributed by atoms with van der Waals surface area (Å²) in [5.41, 5.74) is 1.12. The molecule has 0 amide bonds. The van der Waals surface area contributed by atoms with Crippen molar-refractivity contribution >= 4 is 15.9 Å². The fourth-order valence-corrected chi connectivity index (χ4v) is 2.88. The van der Waals surface area contributed by atoms with Crippen molar-refractivity contribution in [1.82, 2.24) is 0 Å². The van der Waals surface area contributed by atoms with E-state index in [9.17, 15) is 0 Å². The number of methoxy groups -OCH3 is 2. The fraction of sp³-hybridized carbons (Fsp3) is 0.538. The summed E-state index contributed by atoms with van der Waals surface area (Å²) >= 11 is 3.55. The fourth-order valence-electron chi connectivity index (χ4n) is 1.96. The van der Waals surface area contributed by atoms with Gasteiger partial charge in [0.05, 0.1) is 25.9 Å². The normalized spacial score (nSPS) is 27.6. The van der Waals surface area contributed by atoms with Crippen molar-refractivity contribution in [3.8, 4) is 5.75 Å². The third-order valence-electron chi connectivity index (χ3n) is 3.05. The molecule has 0 spiro atoms. The first kappa shape index (κ1) is 12.9. The molecule has 0 heterocycles. The maximum Gasteiger partial charge on any atom is 0.119 e. The molecule has 1 aliphatic carbocycles. The second kappa shape index (κ2) is 5.85. The average Bonchev–Trinajstić information content (AvgIpc) is 2.35. The van der Waals surface area contributed by atoms with Crippen LogP contribution in [-0.2, 0) is 16.1 Å². The predicted molar refractivity (Wildman–Crippen MR) is 69.7 cm³/mol. The summed E-state index contributed by atoms with van der Waals surface area (Å²) < 4.78 is 16.3. The summed E-state index contributed by atoms with van der Waals surface area (Å²) in [5, 5.41) is 0. The van der Waals surface area contributed by atoms with E-state index in [4.69, 9.17) is 14.2 Å². The number of halogens is 1. The van der Waals surface area contributed by atoms with Gasteiger partial charge in [0, 0.05) is 11.9 Å². The molecule has 17 heavy (non-hydrogen) atoms. The number of benzene rings is 1. The predicted octanol–water partition coefficient (Wildman–Crippen LogP) is 2.76. The Balaban J connectivity index is 1.85. The molecular weight excluding hydrogens is 284 g/mol. The molecular formula is C13H17BrO3. The van der Waals surface area contributed by atoms with Crippen LogP contribution < -0.4 is 4.74 Å². The summed E-state index contributed by atoms with van der Waals surface area (Å²) in [5.74, 6) is 0.862. The Labute approximate surface area is 110 Å². The zero-order chi connectivity index (χ0) is 12.3. The Bertz CT molecular complexity index is 369. The van der Waals surface area contributed by atoms with Gasteiger partial charge in [0.2, 0.25) is 0 Å². The van der Waals surface area contributed by atoms with Crippen molar-refractivity contribution in [2.24, 2.45) is 0 Å². The van der Waals surface area contributed by atoms with E-state index >= 15 is 0 Å². The summed E-state index contributed by atoms with van der Waals surface area (Å²) in [6.07, 6.45) is 1.36. The molecule has 0 radical (unpaired) electrons. The van der Waals surface area contributed by atoms with Gasteiger partial charge in [-0.05, 0) is 24.1 Å². The summed E-state index contributed by atoms with van der Waals surface area (Å²) in [4.78, 5) is 0.419. The zero-order valence-corrected chi connectivity index (χ0v) is 11.6. The molecule has 0 bridgehead atoms. The van der Waals surface area contributed by atoms with Crippen molar-refractivity contribution in [1.29, 1.82) is 0 Å². The van der Waals surface area contributed by atoms with Crippen molar-refractivity contribution in [2.45, 2.75) is 30.1 Å². The first-order valence-electron chi connectivity index (χ1n) is 5.66. The van der Waals surface area contributed by atoms with Gasteiger partial charge in [0.1, 0.15) is 5.75 Å². The lowest BCUT2D eigenvalue weighted by Gasteiger charge is -2.40. The highest BCUT2D eigenvalue weighted by Gasteiger charge is 2.40. The summed E-state index contributed by atoms with van der Waals surface area (Å²) in [6, 6.07) is 7.93. The van der Waals surface area contributed by atoms with Crippen molar-refractivity contribution in [3.05, 3.63) is 29.8 Å². The molecule has 1 fully saturated rings. The van der Waals surface area contributed by atoms with Gasteiger partial charge in [-0.3, -0.25) is 0 Å². The molecule has 94 valence electrons. The Kier molecular flexibility index (Phi) is 4.42. The van der Waals surface area contributed by atoms with Crippen LogP contribution in [0.2, 0.25) is 0 Å². The number of rotatable bonds is 5. The summed E-state index contributed by atoms with van der Waals surface area (Å²) in [6.45, 7) is 0.599. The topological polar surface area (TPSA) is 27.7 Å². The van der Waals surface area contributed by atoms with Crippen LogP contribution in [0.3, 0.4) is 0 Å². The molecule has 2 rings (SSSR count). The van der Waals surface area contributed by atoms with Gasteiger partial charge in [-0.25, -0.2) is 0 Å². The standard InChI is InChI=1S/C13H17BrO3/c1-15-10-5-3-4-9(6-10)8-17-12-7-11(14)13(12)16-2/h3-6,11-13H,7-8H2,1-2H3. The molecule has 0 N–H and O–H groups in total. The lowest BCUT2D eigenvalue weighted by atomic mass is 9.91. The molecule has 3 nitrogen and oxygen atoms in total. The Morgan fingerprint density at radius 1 is 1.35 bits per heavy atom. The number of alkyl halides is 1. The Morgan fingerprint density at radius 3 is 2.82 bits per heavy atom. The van der Waals surface area contributed by atoms with Crippen LogP contribution >= 0.6 is 15.9 Å². The molecule has 0 aromatic heterocycles. The molecule has 0 saturated heterocycles. The smallest absolute Gasteiger partial charge is 0.119 e. The highest BCUT2D eigenvalue weighted by molar-refractivity contribution is 9.09. The lowest BCUT2D eigenvalue weighted by Crippen LogP contribution is -2.50. The van der Waals surface area contributed by atoms with Gasteiger partial charge in [0.15, 0.2) is 0 Å². The number of hydrogen-bond acceptors (Lipinski definition) is 3. The lowest BCUT2D eigenvalue weighted by molar-refractivity contribution is -0.113. The van der Waals surface area contributed by atoms with E-state index in [2.05, 4.69) is 15.9 Å². The van der Waals surface area contributed by atoms with Crippen LogP contribution in [0, 0.1) is 0 Å². The van der Waals surface area contributed by atoms with Crippen molar-refractivity contribution < 1.29 is 14.2 Å².